The first-order valence-electron chi connectivity index (χ1n) is 3.92. The molecule has 2 heteroatoms. The third-order valence-corrected chi connectivity index (χ3v) is 3.57. The second kappa shape index (κ2) is 3.14. The van der Waals surface area contributed by atoms with Crippen LogP contribution in [0.15, 0.2) is 0 Å². The molecule has 1 saturated heterocycles. The number of hydrogen-bond acceptors (Lipinski definition) is 2. The Balaban J connectivity index is 2.38. The molecule has 1 nitrogen and oxygen atoms in total. The van der Waals surface area contributed by atoms with E-state index in [-0.39, 0.29) is 5.60 Å². The van der Waals surface area contributed by atoms with Crippen LogP contribution < -0.4 is 0 Å². The molecule has 0 N–H and O–H groups in total. The molecule has 10 heavy (non-hydrogen) atoms. The summed E-state index contributed by atoms with van der Waals surface area (Å²) in [5.41, 5.74) is 0.164. The van der Waals surface area contributed by atoms with Crippen molar-refractivity contribution in [2.75, 3.05) is 12.4 Å². The lowest BCUT2D eigenvalue weighted by Crippen LogP contribution is -2.38. The van der Waals surface area contributed by atoms with Crippen molar-refractivity contribution in [3.63, 3.8) is 0 Å². The van der Waals surface area contributed by atoms with Gasteiger partial charge in [0.1, 0.15) is 0 Å². The first-order chi connectivity index (χ1) is 4.66. The van der Waals surface area contributed by atoms with Crippen molar-refractivity contribution in [1.82, 2.24) is 0 Å². The van der Waals surface area contributed by atoms with Gasteiger partial charge in [0.15, 0.2) is 0 Å². The standard InChI is InChI=1S/C8H16OS/c1-4-8(3)6-10-7(2)5-9-8/h7H,4-6H2,1-3H3. The van der Waals surface area contributed by atoms with Crippen LogP contribution in [0.4, 0.5) is 0 Å². The van der Waals surface area contributed by atoms with Crippen LogP contribution in [-0.2, 0) is 4.74 Å². The summed E-state index contributed by atoms with van der Waals surface area (Å²) in [5.74, 6) is 1.16. The summed E-state index contributed by atoms with van der Waals surface area (Å²) in [7, 11) is 0. The van der Waals surface area contributed by atoms with Gasteiger partial charge < -0.3 is 4.74 Å². The van der Waals surface area contributed by atoms with Crippen molar-refractivity contribution in [2.24, 2.45) is 0 Å². The van der Waals surface area contributed by atoms with Gasteiger partial charge in [0.2, 0.25) is 0 Å². The monoisotopic (exact) mass is 160 g/mol. The fourth-order valence-electron chi connectivity index (χ4n) is 0.931. The molecular formula is C8H16OS. The Kier molecular flexibility index (Phi) is 2.64. The van der Waals surface area contributed by atoms with Crippen molar-refractivity contribution in [3.8, 4) is 0 Å². The highest BCUT2D eigenvalue weighted by Crippen LogP contribution is 2.29. The second-order valence-electron chi connectivity index (χ2n) is 3.24. The SMILES string of the molecule is CCC1(C)CSC(C)CO1. The number of ether oxygens (including phenoxy) is 1. The molecule has 0 spiro atoms. The number of thioether (sulfide) groups is 1. The lowest BCUT2D eigenvalue weighted by Gasteiger charge is -2.35. The summed E-state index contributed by atoms with van der Waals surface area (Å²) in [6.07, 6.45) is 1.13. The molecule has 2 atom stereocenters. The molecule has 0 saturated carbocycles. The third kappa shape index (κ3) is 1.89. The lowest BCUT2D eigenvalue weighted by atomic mass is 10.1. The maximum absolute atomic E-state index is 5.71. The highest BCUT2D eigenvalue weighted by atomic mass is 32.2. The molecule has 0 bridgehead atoms. The largest absolute Gasteiger partial charge is 0.373 e. The molecule has 1 aliphatic heterocycles. The molecule has 60 valence electrons. The minimum atomic E-state index is 0.164. The van der Waals surface area contributed by atoms with E-state index in [2.05, 4.69) is 20.8 Å². The van der Waals surface area contributed by atoms with Crippen LogP contribution in [0.3, 0.4) is 0 Å². The summed E-state index contributed by atoms with van der Waals surface area (Å²) in [5, 5.41) is 0.694. The van der Waals surface area contributed by atoms with Gasteiger partial charge in [-0.15, -0.1) is 0 Å². The summed E-state index contributed by atoms with van der Waals surface area (Å²) in [6, 6.07) is 0. The predicted molar refractivity (Wildman–Crippen MR) is 46.6 cm³/mol. The van der Waals surface area contributed by atoms with Gasteiger partial charge in [0.05, 0.1) is 12.2 Å². The Morgan fingerprint density at radius 1 is 1.70 bits per heavy atom. The van der Waals surface area contributed by atoms with Crippen LogP contribution in [0.5, 0.6) is 0 Å². The van der Waals surface area contributed by atoms with Crippen LogP contribution in [0, 0.1) is 0 Å². The topological polar surface area (TPSA) is 9.23 Å². The van der Waals surface area contributed by atoms with Crippen molar-refractivity contribution in [1.29, 1.82) is 0 Å². The van der Waals surface area contributed by atoms with E-state index in [1.165, 1.54) is 0 Å². The quantitative estimate of drug-likeness (QED) is 0.582. The van der Waals surface area contributed by atoms with E-state index >= 15 is 0 Å². The van der Waals surface area contributed by atoms with Gasteiger partial charge in [-0.25, -0.2) is 0 Å². The molecule has 1 rings (SSSR count). The minimum absolute atomic E-state index is 0.164. The van der Waals surface area contributed by atoms with Crippen molar-refractivity contribution < 1.29 is 4.74 Å². The first kappa shape index (κ1) is 8.41. The van der Waals surface area contributed by atoms with Crippen LogP contribution in [0.1, 0.15) is 27.2 Å². The van der Waals surface area contributed by atoms with E-state index in [9.17, 15) is 0 Å². The minimum Gasteiger partial charge on any atom is -0.373 e. The molecule has 2 unspecified atom stereocenters. The van der Waals surface area contributed by atoms with Crippen LogP contribution in [0.25, 0.3) is 0 Å². The van der Waals surface area contributed by atoms with E-state index in [1.54, 1.807) is 0 Å². The normalized spacial score (nSPS) is 41.7. The first-order valence-corrected chi connectivity index (χ1v) is 4.97. The van der Waals surface area contributed by atoms with E-state index in [0.29, 0.717) is 5.25 Å². The second-order valence-corrected chi connectivity index (χ2v) is 4.66. The molecule has 0 aromatic carbocycles. The van der Waals surface area contributed by atoms with Crippen LogP contribution in [-0.4, -0.2) is 23.2 Å². The van der Waals surface area contributed by atoms with Gasteiger partial charge in [0.25, 0.3) is 0 Å². The number of hydrogen-bond donors (Lipinski definition) is 0. The molecule has 0 aromatic rings. The molecule has 1 heterocycles. The van der Waals surface area contributed by atoms with Gasteiger partial charge in [-0.1, -0.05) is 13.8 Å². The van der Waals surface area contributed by atoms with E-state index in [0.717, 1.165) is 18.8 Å². The van der Waals surface area contributed by atoms with Gasteiger partial charge >= 0.3 is 0 Å². The predicted octanol–water partition coefficient (Wildman–Crippen LogP) is 2.31. The molecule has 0 aromatic heterocycles. The highest BCUT2D eigenvalue weighted by Gasteiger charge is 2.28. The Labute approximate surface area is 67.5 Å². The molecule has 1 aliphatic rings. The number of rotatable bonds is 1. The molecule has 0 aliphatic carbocycles. The molecule has 0 amide bonds. The summed E-state index contributed by atoms with van der Waals surface area (Å²) >= 11 is 2.02. The Bertz CT molecular complexity index is 106. The van der Waals surface area contributed by atoms with E-state index < -0.39 is 0 Å². The van der Waals surface area contributed by atoms with Crippen LogP contribution in [0.2, 0.25) is 0 Å². The Hall–Kier alpha value is 0.310. The Morgan fingerprint density at radius 3 is 2.80 bits per heavy atom. The summed E-state index contributed by atoms with van der Waals surface area (Å²) in [4.78, 5) is 0. The highest BCUT2D eigenvalue weighted by molar-refractivity contribution is 8.00. The maximum atomic E-state index is 5.71. The van der Waals surface area contributed by atoms with Gasteiger partial charge in [0, 0.05) is 11.0 Å². The van der Waals surface area contributed by atoms with E-state index in [1.807, 2.05) is 11.8 Å². The zero-order chi connectivity index (χ0) is 7.61. The lowest BCUT2D eigenvalue weighted by molar-refractivity contribution is -0.0205. The Morgan fingerprint density at radius 2 is 2.40 bits per heavy atom. The molecular weight excluding hydrogens is 144 g/mol. The fourth-order valence-corrected chi connectivity index (χ4v) is 2.02. The average Bonchev–Trinajstić information content (AvgIpc) is 1.96. The van der Waals surface area contributed by atoms with Crippen molar-refractivity contribution in [2.45, 2.75) is 38.0 Å². The summed E-state index contributed by atoms with van der Waals surface area (Å²) in [6.45, 7) is 7.54. The summed E-state index contributed by atoms with van der Waals surface area (Å²) < 4.78 is 5.71. The zero-order valence-electron chi connectivity index (χ0n) is 7.02. The smallest absolute Gasteiger partial charge is 0.0742 e. The van der Waals surface area contributed by atoms with Crippen LogP contribution >= 0.6 is 11.8 Å². The maximum Gasteiger partial charge on any atom is 0.0742 e. The molecule has 0 radical (unpaired) electrons. The zero-order valence-corrected chi connectivity index (χ0v) is 7.83. The fraction of sp³-hybridized carbons (Fsp3) is 1.00. The third-order valence-electron chi connectivity index (χ3n) is 2.09. The van der Waals surface area contributed by atoms with Crippen molar-refractivity contribution >= 4 is 11.8 Å². The molecule has 1 fully saturated rings. The van der Waals surface area contributed by atoms with Gasteiger partial charge in [-0.05, 0) is 13.3 Å². The average molecular weight is 160 g/mol. The van der Waals surface area contributed by atoms with Gasteiger partial charge in [-0.2, -0.15) is 11.8 Å². The van der Waals surface area contributed by atoms with E-state index in [4.69, 9.17) is 4.74 Å². The van der Waals surface area contributed by atoms with Crippen molar-refractivity contribution in [3.05, 3.63) is 0 Å². The van der Waals surface area contributed by atoms with Gasteiger partial charge in [-0.3, -0.25) is 0 Å².